The van der Waals surface area contributed by atoms with Crippen LogP contribution in [0.1, 0.15) is 17.1 Å². The second-order valence-corrected chi connectivity index (χ2v) is 6.39. The number of aromatic nitrogens is 4. The molecule has 0 radical (unpaired) electrons. The first-order valence-electron chi connectivity index (χ1n) is 7.56. The van der Waals surface area contributed by atoms with Gasteiger partial charge in [0.2, 0.25) is 5.82 Å². The molecule has 0 aliphatic carbocycles. The Balaban J connectivity index is 2.01. The summed E-state index contributed by atoms with van der Waals surface area (Å²) in [6.07, 6.45) is 1.22. The number of benzene rings is 1. The summed E-state index contributed by atoms with van der Waals surface area (Å²) in [7, 11) is 1.58. The van der Waals surface area contributed by atoms with Crippen molar-refractivity contribution >= 4 is 15.9 Å². The van der Waals surface area contributed by atoms with Crippen LogP contribution in [0.4, 0.5) is 4.39 Å². The first-order chi connectivity index (χ1) is 12.4. The molecule has 0 fully saturated rings. The molecule has 0 aliphatic heterocycles. The summed E-state index contributed by atoms with van der Waals surface area (Å²) in [5.74, 6) is 0.271. The maximum atomic E-state index is 13.5. The Bertz CT molecular complexity index is 1090. The molecule has 3 aromatic rings. The number of aromatic amines is 1. The van der Waals surface area contributed by atoms with Crippen LogP contribution in [0.3, 0.4) is 0 Å². The largest absolute Gasteiger partial charge is 0.496 e. The van der Waals surface area contributed by atoms with Crippen LogP contribution in [-0.2, 0) is 6.42 Å². The molecule has 0 bridgehead atoms. The van der Waals surface area contributed by atoms with E-state index in [1.807, 2.05) is 23.2 Å². The third kappa shape index (κ3) is 3.72. The number of rotatable bonds is 4. The van der Waals surface area contributed by atoms with Gasteiger partial charge in [-0.3, -0.25) is 9.78 Å². The predicted octanol–water partition coefficient (Wildman–Crippen LogP) is 2.13. The molecule has 0 saturated heterocycles. The molecule has 0 amide bonds. The standard InChI is InChI=1S/C17H14BrFN4O3/c1-9-5-15(23-8-12(19)16(24)22-17(23)25)21-14(20-9)7-10-3-4-13(26-2)11(18)6-10/h3-6,8H,7H2,1-2H3,(H,22,24,25). The van der Waals surface area contributed by atoms with Gasteiger partial charge >= 0.3 is 5.69 Å². The summed E-state index contributed by atoms with van der Waals surface area (Å²) in [5.41, 5.74) is -0.307. The second kappa shape index (κ2) is 7.20. The van der Waals surface area contributed by atoms with E-state index in [0.717, 1.165) is 20.8 Å². The number of ether oxygens (including phenoxy) is 1. The molecule has 1 aromatic carbocycles. The zero-order valence-corrected chi connectivity index (χ0v) is 15.5. The SMILES string of the molecule is COc1ccc(Cc2nc(C)cc(-n3cc(F)c(=O)[nH]c3=O)n2)cc1Br. The number of H-pyrrole nitrogens is 1. The molecule has 0 spiro atoms. The van der Waals surface area contributed by atoms with E-state index in [4.69, 9.17) is 4.74 Å². The number of hydrogen-bond acceptors (Lipinski definition) is 5. The highest BCUT2D eigenvalue weighted by molar-refractivity contribution is 9.10. The number of nitrogens with zero attached hydrogens (tertiary/aromatic N) is 3. The van der Waals surface area contributed by atoms with Crippen molar-refractivity contribution in [3.05, 3.63) is 78.7 Å². The van der Waals surface area contributed by atoms with Gasteiger partial charge in [-0.1, -0.05) is 6.07 Å². The van der Waals surface area contributed by atoms with Crippen LogP contribution in [0, 0.1) is 12.7 Å². The fourth-order valence-corrected chi connectivity index (χ4v) is 3.02. The highest BCUT2D eigenvalue weighted by Crippen LogP contribution is 2.26. The van der Waals surface area contributed by atoms with Crippen molar-refractivity contribution in [1.82, 2.24) is 19.5 Å². The summed E-state index contributed by atoms with van der Waals surface area (Å²) in [6.45, 7) is 1.74. The van der Waals surface area contributed by atoms with E-state index in [2.05, 4.69) is 25.9 Å². The van der Waals surface area contributed by atoms with Gasteiger partial charge in [0.05, 0.1) is 17.8 Å². The van der Waals surface area contributed by atoms with Crippen molar-refractivity contribution in [2.75, 3.05) is 7.11 Å². The lowest BCUT2D eigenvalue weighted by Crippen LogP contribution is -2.31. The minimum atomic E-state index is -1.07. The Labute approximate surface area is 155 Å². The maximum absolute atomic E-state index is 13.5. The topological polar surface area (TPSA) is 89.9 Å². The Morgan fingerprint density at radius 3 is 2.73 bits per heavy atom. The number of halogens is 2. The molecule has 1 N–H and O–H groups in total. The van der Waals surface area contributed by atoms with Crippen LogP contribution in [-0.4, -0.2) is 26.6 Å². The molecule has 0 unspecified atom stereocenters. The smallest absolute Gasteiger partial charge is 0.334 e. The predicted molar refractivity (Wildman–Crippen MR) is 96.4 cm³/mol. The summed E-state index contributed by atoms with van der Waals surface area (Å²) >= 11 is 3.42. The van der Waals surface area contributed by atoms with Crippen LogP contribution in [0.25, 0.3) is 5.82 Å². The molecule has 2 heterocycles. The molecule has 0 saturated carbocycles. The van der Waals surface area contributed by atoms with Crippen molar-refractivity contribution in [3.63, 3.8) is 0 Å². The van der Waals surface area contributed by atoms with E-state index in [9.17, 15) is 14.0 Å². The summed E-state index contributed by atoms with van der Waals surface area (Å²) in [4.78, 5) is 33.7. The van der Waals surface area contributed by atoms with Gasteiger partial charge < -0.3 is 4.74 Å². The Morgan fingerprint density at radius 2 is 2.04 bits per heavy atom. The molecule has 2 aromatic heterocycles. The van der Waals surface area contributed by atoms with Crippen LogP contribution in [0.15, 0.2) is 44.5 Å². The Morgan fingerprint density at radius 1 is 1.27 bits per heavy atom. The van der Waals surface area contributed by atoms with Gasteiger partial charge in [-0.25, -0.2) is 19.3 Å². The van der Waals surface area contributed by atoms with Gasteiger partial charge in [-0.05, 0) is 40.5 Å². The maximum Gasteiger partial charge on any atom is 0.334 e. The average molecular weight is 421 g/mol. The quantitative estimate of drug-likeness (QED) is 0.697. The average Bonchev–Trinajstić information content (AvgIpc) is 2.58. The zero-order chi connectivity index (χ0) is 18.8. The van der Waals surface area contributed by atoms with Crippen LogP contribution in [0.2, 0.25) is 0 Å². The van der Waals surface area contributed by atoms with E-state index in [1.165, 1.54) is 6.07 Å². The van der Waals surface area contributed by atoms with Gasteiger partial charge in [-0.15, -0.1) is 0 Å². The molecular formula is C17H14BrFN4O3. The highest BCUT2D eigenvalue weighted by atomic mass is 79.9. The van der Waals surface area contributed by atoms with E-state index < -0.39 is 17.1 Å². The van der Waals surface area contributed by atoms with E-state index in [-0.39, 0.29) is 5.82 Å². The number of nitrogens with one attached hydrogen (secondary N) is 1. The molecule has 0 aliphatic rings. The third-order valence-electron chi connectivity index (χ3n) is 3.61. The van der Waals surface area contributed by atoms with Gasteiger partial charge in [0, 0.05) is 18.2 Å². The lowest BCUT2D eigenvalue weighted by atomic mass is 10.1. The lowest BCUT2D eigenvalue weighted by molar-refractivity contribution is 0.412. The van der Waals surface area contributed by atoms with Crippen LogP contribution in [0.5, 0.6) is 5.75 Å². The highest BCUT2D eigenvalue weighted by Gasteiger charge is 2.11. The fraction of sp³-hybridized carbons (Fsp3) is 0.176. The molecule has 9 heteroatoms. The van der Waals surface area contributed by atoms with Crippen molar-refractivity contribution in [2.24, 2.45) is 0 Å². The van der Waals surface area contributed by atoms with Gasteiger partial charge in [0.15, 0.2) is 0 Å². The van der Waals surface area contributed by atoms with E-state index in [1.54, 1.807) is 14.0 Å². The van der Waals surface area contributed by atoms with E-state index in [0.29, 0.717) is 23.7 Å². The minimum absolute atomic E-state index is 0.181. The summed E-state index contributed by atoms with van der Waals surface area (Å²) in [6, 6.07) is 7.11. The second-order valence-electron chi connectivity index (χ2n) is 5.54. The van der Waals surface area contributed by atoms with E-state index >= 15 is 0 Å². The zero-order valence-electron chi connectivity index (χ0n) is 13.9. The Hall–Kier alpha value is -2.81. The molecule has 134 valence electrons. The first kappa shape index (κ1) is 18.0. The molecular weight excluding hydrogens is 407 g/mol. The van der Waals surface area contributed by atoms with Crippen LogP contribution >= 0.6 is 15.9 Å². The monoisotopic (exact) mass is 420 g/mol. The Kier molecular flexibility index (Phi) is 4.99. The number of hydrogen-bond donors (Lipinski definition) is 1. The molecule has 26 heavy (non-hydrogen) atoms. The summed E-state index contributed by atoms with van der Waals surface area (Å²) in [5, 5.41) is 0. The molecule has 3 rings (SSSR count). The van der Waals surface area contributed by atoms with Gasteiger partial charge in [0.1, 0.15) is 17.4 Å². The first-order valence-corrected chi connectivity index (χ1v) is 8.35. The van der Waals surface area contributed by atoms with Crippen molar-refractivity contribution < 1.29 is 9.13 Å². The van der Waals surface area contributed by atoms with Crippen LogP contribution < -0.4 is 16.0 Å². The normalized spacial score (nSPS) is 10.8. The molecule has 0 atom stereocenters. The van der Waals surface area contributed by atoms with Crippen molar-refractivity contribution in [1.29, 1.82) is 0 Å². The number of aryl methyl sites for hydroxylation is 1. The van der Waals surface area contributed by atoms with Gasteiger partial charge in [-0.2, -0.15) is 4.39 Å². The van der Waals surface area contributed by atoms with Gasteiger partial charge in [0.25, 0.3) is 5.56 Å². The van der Waals surface area contributed by atoms with Crippen molar-refractivity contribution in [2.45, 2.75) is 13.3 Å². The fourth-order valence-electron chi connectivity index (χ4n) is 2.43. The minimum Gasteiger partial charge on any atom is -0.496 e. The van der Waals surface area contributed by atoms with Crippen molar-refractivity contribution in [3.8, 4) is 11.6 Å². The molecule has 7 nitrogen and oxygen atoms in total. The number of methoxy groups -OCH3 is 1. The third-order valence-corrected chi connectivity index (χ3v) is 4.23. The lowest BCUT2D eigenvalue weighted by Gasteiger charge is -2.09. The summed E-state index contributed by atoms with van der Waals surface area (Å²) < 4.78 is 20.5.